The monoisotopic (exact) mass is 700 g/mol. The van der Waals surface area contributed by atoms with Crippen LogP contribution in [0.25, 0.3) is 0 Å². The van der Waals surface area contributed by atoms with Gasteiger partial charge >= 0.3 is 0 Å². The highest BCUT2D eigenvalue weighted by molar-refractivity contribution is 5.94. The summed E-state index contributed by atoms with van der Waals surface area (Å²) in [6.07, 6.45) is 4.20. The lowest BCUT2D eigenvalue weighted by molar-refractivity contribution is -0.144. The number of aromatic nitrogens is 1. The smallest absolute Gasteiger partial charge is 0.258 e. The van der Waals surface area contributed by atoms with Crippen LogP contribution in [0.1, 0.15) is 51.7 Å². The van der Waals surface area contributed by atoms with Crippen molar-refractivity contribution < 1.29 is 33.8 Å². The molecule has 3 heterocycles. The van der Waals surface area contributed by atoms with Crippen LogP contribution in [-0.2, 0) is 36.8 Å². The number of rotatable bonds is 4. The first-order chi connectivity index (χ1) is 22.8. The average molecular weight is 701 g/mol. The standard InChI is InChI=1S/C35H48N6O7.ClH/c1-22(2)30-33(46)37-21-35(11-14-41(15-12-35)29(44)17-26-9-7-13-36-19-26)18-25-8-6-10-27(16-25)48-20-28(43)38-31(24(4)42)34(47)40(5)23(3)32(45)39-30;/h6-10,13,16,19,22-24,30-31,42H,11-12,14-15,17-18,20-21H2,1-5H3,(H,37,46)(H,38,43)(H,39,45);1H/t23-,24+,30+,31-;/m0./s1. The van der Waals surface area contributed by atoms with E-state index in [1.54, 1.807) is 18.5 Å². The lowest BCUT2D eigenvalue weighted by Crippen LogP contribution is -2.59. The molecule has 0 aliphatic carbocycles. The number of aliphatic hydroxyl groups is 1. The van der Waals surface area contributed by atoms with Crippen molar-refractivity contribution in [3.63, 3.8) is 0 Å². The average Bonchev–Trinajstić information content (AvgIpc) is 3.06. The summed E-state index contributed by atoms with van der Waals surface area (Å²) in [7, 11) is 1.40. The van der Waals surface area contributed by atoms with Crippen LogP contribution in [0.15, 0.2) is 48.8 Å². The minimum absolute atomic E-state index is 0. The normalized spacial score (nSPS) is 23.1. The molecule has 2 aliphatic heterocycles. The van der Waals surface area contributed by atoms with Crippen molar-refractivity contribution >= 4 is 41.9 Å². The topological polar surface area (TPSA) is 170 Å². The van der Waals surface area contributed by atoms with E-state index in [9.17, 15) is 29.1 Å². The number of piperidine rings is 1. The molecule has 5 amide bonds. The van der Waals surface area contributed by atoms with Gasteiger partial charge in [0.05, 0.1) is 12.5 Å². The van der Waals surface area contributed by atoms with Gasteiger partial charge in [-0.1, -0.05) is 32.0 Å². The van der Waals surface area contributed by atoms with Crippen LogP contribution in [0, 0.1) is 11.3 Å². The van der Waals surface area contributed by atoms with Crippen molar-refractivity contribution in [2.45, 2.75) is 77.6 Å². The molecule has 13 nitrogen and oxygen atoms in total. The van der Waals surface area contributed by atoms with Crippen LogP contribution in [-0.4, -0.2) is 107 Å². The molecule has 0 radical (unpaired) electrons. The van der Waals surface area contributed by atoms with E-state index in [1.807, 2.05) is 49.1 Å². The van der Waals surface area contributed by atoms with Crippen molar-refractivity contribution in [2.75, 3.05) is 33.3 Å². The minimum atomic E-state index is -1.32. The van der Waals surface area contributed by atoms with Gasteiger partial charge in [0.2, 0.25) is 23.6 Å². The van der Waals surface area contributed by atoms with Gasteiger partial charge in [-0.05, 0) is 73.8 Å². The number of likely N-dealkylation sites (tertiary alicyclic amines) is 1. The number of carbonyl (C=O) groups is 5. The number of amides is 5. The molecule has 4 atom stereocenters. The number of likely N-dealkylation sites (N-methyl/N-ethyl adjacent to an activating group) is 1. The number of hydrogen-bond acceptors (Lipinski definition) is 8. The van der Waals surface area contributed by atoms with Gasteiger partial charge < -0.3 is 35.6 Å². The Labute approximate surface area is 293 Å². The molecule has 4 N–H and O–H groups in total. The number of benzene rings is 1. The molecule has 0 saturated carbocycles. The third-order valence-electron chi connectivity index (χ3n) is 9.36. The van der Waals surface area contributed by atoms with Gasteiger partial charge in [-0.25, -0.2) is 0 Å². The number of halogens is 1. The predicted octanol–water partition coefficient (Wildman–Crippen LogP) is 1.26. The number of pyridine rings is 1. The van der Waals surface area contributed by atoms with E-state index in [4.69, 9.17) is 4.74 Å². The fourth-order valence-corrected chi connectivity index (χ4v) is 6.15. The molecule has 1 fully saturated rings. The zero-order valence-electron chi connectivity index (χ0n) is 28.8. The van der Waals surface area contributed by atoms with E-state index >= 15 is 0 Å². The quantitative estimate of drug-likeness (QED) is 0.370. The summed E-state index contributed by atoms with van der Waals surface area (Å²) in [5.74, 6) is -1.98. The maximum atomic E-state index is 13.7. The number of nitrogens with one attached hydrogen (secondary N) is 3. The van der Waals surface area contributed by atoms with Crippen LogP contribution < -0.4 is 20.7 Å². The Morgan fingerprint density at radius 2 is 1.76 bits per heavy atom. The molecule has 1 aromatic heterocycles. The molecule has 2 aromatic rings. The zero-order valence-corrected chi connectivity index (χ0v) is 29.6. The summed E-state index contributed by atoms with van der Waals surface area (Å²) in [4.78, 5) is 73.4. The van der Waals surface area contributed by atoms with Crippen molar-refractivity contribution in [3.05, 3.63) is 59.9 Å². The number of nitrogens with zero attached hydrogens (tertiary/aromatic N) is 3. The summed E-state index contributed by atoms with van der Waals surface area (Å²) < 4.78 is 5.78. The molecule has 2 bridgehead atoms. The van der Waals surface area contributed by atoms with Gasteiger partial charge in [-0.2, -0.15) is 0 Å². The summed E-state index contributed by atoms with van der Waals surface area (Å²) in [6.45, 7) is 7.48. The van der Waals surface area contributed by atoms with Gasteiger partial charge in [0.1, 0.15) is 23.9 Å². The van der Waals surface area contributed by atoms with E-state index in [1.165, 1.54) is 20.9 Å². The van der Waals surface area contributed by atoms with Gasteiger partial charge in [0, 0.05) is 39.1 Å². The SMILES string of the molecule is CC(C)[C@H]1NC(=O)[C@H](C)N(C)C(=O)[C@H]([C@@H](C)O)NC(=O)COc2cccc(c2)CC2(CCN(C(=O)Cc3cccnc3)CC2)CNC1=O.Cl. The summed E-state index contributed by atoms with van der Waals surface area (Å²) in [6, 6.07) is 7.83. The highest BCUT2D eigenvalue weighted by Gasteiger charge is 2.39. The van der Waals surface area contributed by atoms with E-state index < -0.39 is 54.0 Å². The number of ether oxygens (including phenoxy) is 1. The van der Waals surface area contributed by atoms with Crippen molar-refractivity contribution in [1.82, 2.24) is 30.7 Å². The van der Waals surface area contributed by atoms with E-state index in [2.05, 4.69) is 20.9 Å². The molecule has 4 rings (SSSR count). The Morgan fingerprint density at radius 3 is 2.39 bits per heavy atom. The molecule has 14 heteroatoms. The third-order valence-corrected chi connectivity index (χ3v) is 9.36. The summed E-state index contributed by atoms with van der Waals surface area (Å²) in [5, 5.41) is 18.8. The Morgan fingerprint density at radius 1 is 1.04 bits per heavy atom. The number of carbonyl (C=O) groups excluding carboxylic acids is 5. The van der Waals surface area contributed by atoms with Gasteiger partial charge in [0.15, 0.2) is 6.61 Å². The first-order valence-electron chi connectivity index (χ1n) is 16.5. The van der Waals surface area contributed by atoms with Crippen LogP contribution >= 0.6 is 12.4 Å². The molecule has 0 unspecified atom stereocenters. The number of aliphatic hydroxyl groups excluding tert-OH is 1. The van der Waals surface area contributed by atoms with Crippen LogP contribution in [0.4, 0.5) is 0 Å². The Balaban J connectivity index is 0.00000650. The molecule has 1 spiro atoms. The molecule has 268 valence electrons. The van der Waals surface area contributed by atoms with Gasteiger partial charge in [-0.15, -0.1) is 12.4 Å². The molecular formula is C35H49ClN6O7. The van der Waals surface area contributed by atoms with E-state index in [-0.39, 0.29) is 36.6 Å². The van der Waals surface area contributed by atoms with Gasteiger partial charge in [0.25, 0.3) is 5.91 Å². The van der Waals surface area contributed by atoms with Crippen molar-refractivity contribution in [3.8, 4) is 5.75 Å². The first kappa shape index (κ1) is 39.2. The molecule has 49 heavy (non-hydrogen) atoms. The van der Waals surface area contributed by atoms with Crippen molar-refractivity contribution in [1.29, 1.82) is 0 Å². The Bertz CT molecular complexity index is 1470. The second-order valence-corrected chi connectivity index (χ2v) is 13.4. The predicted molar refractivity (Wildman–Crippen MR) is 185 cm³/mol. The largest absolute Gasteiger partial charge is 0.484 e. The fraction of sp³-hybridized carbons (Fsp3) is 0.543. The van der Waals surface area contributed by atoms with E-state index in [0.29, 0.717) is 44.6 Å². The number of fused-ring (bicyclic) bond motifs is 2. The van der Waals surface area contributed by atoms with Crippen molar-refractivity contribution in [2.24, 2.45) is 11.3 Å². The molecule has 1 saturated heterocycles. The van der Waals surface area contributed by atoms with Crippen LogP contribution in [0.5, 0.6) is 5.75 Å². The zero-order chi connectivity index (χ0) is 35.0. The van der Waals surface area contributed by atoms with Crippen LogP contribution in [0.2, 0.25) is 0 Å². The van der Waals surface area contributed by atoms with E-state index in [0.717, 1.165) is 16.0 Å². The van der Waals surface area contributed by atoms with Crippen LogP contribution in [0.3, 0.4) is 0 Å². The fourth-order valence-electron chi connectivity index (χ4n) is 6.15. The molecule has 2 aliphatic rings. The highest BCUT2D eigenvalue weighted by atomic mass is 35.5. The first-order valence-corrected chi connectivity index (χ1v) is 16.5. The summed E-state index contributed by atoms with van der Waals surface area (Å²) >= 11 is 0. The Hall–Kier alpha value is -4.23. The molecular weight excluding hydrogens is 652 g/mol. The highest BCUT2D eigenvalue weighted by Crippen LogP contribution is 2.36. The second kappa shape index (κ2) is 17.4. The number of hydrogen-bond donors (Lipinski definition) is 4. The lowest BCUT2D eigenvalue weighted by atomic mass is 9.73. The minimum Gasteiger partial charge on any atom is -0.484 e. The van der Waals surface area contributed by atoms with Gasteiger partial charge in [-0.3, -0.25) is 29.0 Å². The third kappa shape index (κ3) is 10.4. The maximum absolute atomic E-state index is 13.7. The Kier molecular flexibility index (Phi) is 14.0. The second-order valence-electron chi connectivity index (χ2n) is 13.4. The molecule has 1 aromatic carbocycles. The lowest BCUT2D eigenvalue weighted by Gasteiger charge is -2.42. The maximum Gasteiger partial charge on any atom is 0.258 e. The summed E-state index contributed by atoms with van der Waals surface area (Å²) in [5.41, 5.74) is 1.37.